The van der Waals surface area contributed by atoms with E-state index in [0.29, 0.717) is 0 Å². The molecule has 1 aliphatic rings. The molecule has 0 spiro atoms. The van der Waals surface area contributed by atoms with Crippen molar-refractivity contribution >= 4 is 6.09 Å². The van der Waals surface area contributed by atoms with Crippen molar-refractivity contribution in [2.75, 3.05) is 13.1 Å². The summed E-state index contributed by atoms with van der Waals surface area (Å²) < 4.78 is 41.7. The summed E-state index contributed by atoms with van der Waals surface area (Å²) in [6.07, 6.45) is -5.21. The van der Waals surface area contributed by atoms with Crippen LogP contribution >= 0.6 is 0 Å². The van der Waals surface area contributed by atoms with Gasteiger partial charge in [0.05, 0.1) is 12.0 Å². The zero-order valence-corrected chi connectivity index (χ0v) is 8.67. The Morgan fingerprint density at radius 1 is 1.47 bits per heavy atom. The summed E-state index contributed by atoms with van der Waals surface area (Å²) in [7, 11) is 0. The van der Waals surface area contributed by atoms with Crippen LogP contribution in [0.1, 0.15) is 20.3 Å². The Morgan fingerprint density at radius 2 is 2.07 bits per heavy atom. The Labute approximate surface area is 86.2 Å². The third kappa shape index (κ3) is 3.28. The monoisotopic (exact) mass is 225 g/mol. The first-order valence-corrected chi connectivity index (χ1v) is 4.83. The number of ether oxygens (including phenoxy) is 1. The van der Waals surface area contributed by atoms with Crippen LogP contribution < -0.4 is 0 Å². The van der Waals surface area contributed by atoms with Crippen LogP contribution in [0.4, 0.5) is 18.0 Å². The van der Waals surface area contributed by atoms with Crippen LogP contribution in [0.25, 0.3) is 0 Å². The molecule has 1 unspecified atom stereocenters. The fourth-order valence-corrected chi connectivity index (χ4v) is 1.47. The molecule has 0 aromatic carbocycles. The summed E-state index contributed by atoms with van der Waals surface area (Å²) in [5, 5.41) is 0. The second-order valence-corrected chi connectivity index (χ2v) is 3.91. The molecule has 1 aliphatic heterocycles. The van der Waals surface area contributed by atoms with E-state index in [1.165, 1.54) is 0 Å². The van der Waals surface area contributed by atoms with Crippen molar-refractivity contribution in [2.24, 2.45) is 5.92 Å². The molecule has 1 fully saturated rings. The average Bonchev–Trinajstić information content (AvgIpc) is 2.48. The number of carbonyl (C=O) groups is 1. The van der Waals surface area contributed by atoms with E-state index in [9.17, 15) is 18.0 Å². The Bertz CT molecular complexity index is 240. The highest BCUT2D eigenvalue weighted by Crippen LogP contribution is 2.33. The SMILES string of the molecule is CC(C)OC(=O)N1CCC(C(F)(F)F)C1. The zero-order valence-electron chi connectivity index (χ0n) is 8.67. The molecule has 0 saturated carbocycles. The van der Waals surface area contributed by atoms with Gasteiger partial charge in [-0.15, -0.1) is 0 Å². The molecule has 1 amide bonds. The van der Waals surface area contributed by atoms with E-state index in [1.807, 2.05) is 0 Å². The standard InChI is InChI=1S/C9H14F3NO2/c1-6(2)15-8(14)13-4-3-7(5-13)9(10,11)12/h6-7H,3-5H2,1-2H3. The van der Waals surface area contributed by atoms with Crippen molar-refractivity contribution < 1.29 is 22.7 Å². The first-order valence-electron chi connectivity index (χ1n) is 4.83. The molecular weight excluding hydrogens is 211 g/mol. The molecule has 1 saturated heterocycles. The van der Waals surface area contributed by atoms with Crippen LogP contribution in [0, 0.1) is 5.92 Å². The van der Waals surface area contributed by atoms with Gasteiger partial charge in [0.1, 0.15) is 0 Å². The molecule has 15 heavy (non-hydrogen) atoms. The summed E-state index contributed by atoms with van der Waals surface area (Å²) in [6, 6.07) is 0. The molecule has 0 aromatic heterocycles. The maximum absolute atomic E-state index is 12.3. The maximum atomic E-state index is 12.3. The molecule has 1 heterocycles. The average molecular weight is 225 g/mol. The molecule has 0 bridgehead atoms. The van der Waals surface area contributed by atoms with Crippen LogP contribution in [0.2, 0.25) is 0 Å². The van der Waals surface area contributed by atoms with E-state index in [4.69, 9.17) is 4.74 Å². The van der Waals surface area contributed by atoms with Crippen LogP contribution in [-0.4, -0.2) is 36.4 Å². The number of likely N-dealkylation sites (tertiary alicyclic amines) is 1. The Morgan fingerprint density at radius 3 is 2.47 bits per heavy atom. The lowest BCUT2D eigenvalue weighted by molar-refractivity contribution is -0.170. The normalized spacial score (nSPS) is 22.3. The van der Waals surface area contributed by atoms with Crippen LogP contribution in [-0.2, 0) is 4.74 Å². The second-order valence-electron chi connectivity index (χ2n) is 3.91. The lowest BCUT2D eigenvalue weighted by Gasteiger charge is -2.18. The second kappa shape index (κ2) is 4.28. The zero-order chi connectivity index (χ0) is 11.6. The largest absolute Gasteiger partial charge is 0.447 e. The Kier molecular flexibility index (Phi) is 3.46. The highest BCUT2D eigenvalue weighted by Gasteiger charge is 2.45. The van der Waals surface area contributed by atoms with Crippen LogP contribution in [0.15, 0.2) is 0 Å². The van der Waals surface area contributed by atoms with Crippen molar-refractivity contribution in [2.45, 2.75) is 32.5 Å². The summed E-state index contributed by atoms with van der Waals surface area (Å²) >= 11 is 0. The number of alkyl halides is 3. The molecule has 0 aromatic rings. The lowest BCUT2D eigenvalue weighted by atomic mass is 10.1. The van der Waals surface area contributed by atoms with Gasteiger partial charge in [-0.3, -0.25) is 0 Å². The fraction of sp³-hybridized carbons (Fsp3) is 0.889. The number of carbonyl (C=O) groups excluding carboxylic acids is 1. The predicted octanol–water partition coefficient (Wildman–Crippen LogP) is 2.42. The van der Waals surface area contributed by atoms with E-state index >= 15 is 0 Å². The van der Waals surface area contributed by atoms with Crippen LogP contribution in [0.5, 0.6) is 0 Å². The van der Waals surface area contributed by atoms with Gasteiger partial charge in [-0.25, -0.2) is 4.79 Å². The highest BCUT2D eigenvalue weighted by molar-refractivity contribution is 5.68. The molecule has 88 valence electrons. The topological polar surface area (TPSA) is 29.5 Å². The summed E-state index contributed by atoms with van der Waals surface area (Å²) in [4.78, 5) is 12.4. The molecule has 0 radical (unpaired) electrons. The first kappa shape index (κ1) is 12.1. The van der Waals surface area contributed by atoms with E-state index in [0.717, 1.165) is 4.90 Å². The van der Waals surface area contributed by atoms with E-state index in [-0.39, 0.29) is 25.6 Å². The molecular formula is C9H14F3NO2. The maximum Gasteiger partial charge on any atom is 0.410 e. The first-order chi connectivity index (χ1) is 6.80. The molecule has 1 rings (SSSR count). The molecule has 3 nitrogen and oxygen atoms in total. The molecule has 0 aliphatic carbocycles. The van der Waals surface area contributed by atoms with Gasteiger partial charge in [-0.1, -0.05) is 0 Å². The summed E-state index contributed by atoms with van der Waals surface area (Å²) in [5.41, 5.74) is 0. The van der Waals surface area contributed by atoms with Crippen LogP contribution in [0.3, 0.4) is 0 Å². The Balaban J connectivity index is 2.46. The van der Waals surface area contributed by atoms with E-state index in [2.05, 4.69) is 0 Å². The third-order valence-electron chi connectivity index (χ3n) is 2.25. The number of rotatable bonds is 1. The summed E-state index contributed by atoms with van der Waals surface area (Å²) in [6.45, 7) is 3.16. The number of amides is 1. The quantitative estimate of drug-likeness (QED) is 0.685. The Hall–Kier alpha value is -0.940. The minimum absolute atomic E-state index is 0.0311. The van der Waals surface area contributed by atoms with Gasteiger partial charge < -0.3 is 9.64 Å². The fourth-order valence-electron chi connectivity index (χ4n) is 1.47. The predicted molar refractivity (Wildman–Crippen MR) is 47.4 cm³/mol. The van der Waals surface area contributed by atoms with Crippen molar-refractivity contribution in [3.05, 3.63) is 0 Å². The van der Waals surface area contributed by atoms with E-state index < -0.39 is 18.2 Å². The minimum Gasteiger partial charge on any atom is -0.447 e. The molecule has 1 atom stereocenters. The number of hydrogen-bond donors (Lipinski definition) is 0. The van der Waals surface area contributed by atoms with Gasteiger partial charge in [-0.2, -0.15) is 13.2 Å². The van der Waals surface area contributed by atoms with Gasteiger partial charge in [0, 0.05) is 13.1 Å². The van der Waals surface area contributed by atoms with E-state index in [1.54, 1.807) is 13.8 Å². The summed E-state index contributed by atoms with van der Waals surface area (Å²) in [5.74, 6) is -1.41. The number of hydrogen-bond acceptors (Lipinski definition) is 2. The smallest absolute Gasteiger partial charge is 0.410 e. The lowest BCUT2D eigenvalue weighted by Crippen LogP contribution is -2.33. The van der Waals surface area contributed by atoms with Crippen molar-refractivity contribution in [3.8, 4) is 0 Å². The van der Waals surface area contributed by atoms with Gasteiger partial charge in [0.25, 0.3) is 0 Å². The molecule has 6 heteroatoms. The minimum atomic E-state index is -4.22. The van der Waals surface area contributed by atoms with Crippen molar-refractivity contribution in [1.29, 1.82) is 0 Å². The van der Waals surface area contributed by atoms with Gasteiger partial charge in [0.15, 0.2) is 0 Å². The molecule has 0 N–H and O–H groups in total. The van der Waals surface area contributed by atoms with Gasteiger partial charge in [-0.05, 0) is 20.3 Å². The van der Waals surface area contributed by atoms with Crippen molar-refractivity contribution in [1.82, 2.24) is 4.90 Å². The third-order valence-corrected chi connectivity index (χ3v) is 2.25. The highest BCUT2D eigenvalue weighted by atomic mass is 19.4. The van der Waals surface area contributed by atoms with Gasteiger partial charge in [0.2, 0.25) is 0 Å². The van der Waals surface area contributed by atoms with Crippen molar-refractivity contribution in [3.63, 3.8) is 0 Å². The number of nitrogens with zero attached hydrogens (tertiary/aromatic N) is 1. The van der Waals surface area contributed by atoms with Gasteiger partial charge >= 0.3 is 12.3 Å². The number of halogens is 3.